The Hall–Kier alpha value is -2.02. The molecule has 0 saturated carbocycles. The summed E-state index contributed by atoms with van der Waals surface area (Å²) in [5.74, 6) is 0.666. The lowest BCUT2D eigenvalue weighted by Crippen LogP contribution is -2.49. The topological polar surface area (TPSA) is 66.7 Å². The van der Waals surface area contributed by atoms with Crippen molar-refractivity contribution in [2.75, 3.05) is 5.75 Å². The summed E-state index contributed by atoms with van der Waals surface area (Å²) in [6, 6.07) is 3.62. The number of pyridine rings is 1. The number of imidazole rings is 1. The van der Waals surface area contributed by atoms with E-state index in [0.29, 0.717) is 18.7 Å². The van der Waals surface area contributed by atoms with Crippen molar-refractivity contribution in [3.63, 3.8) is 0 Å². The molecule has 2 aromatic heterocycles. The van der Waals surface area contributed by atoms with Gasteiger partial charge in [0.25, 0.3) is 0 Å². The highest BCUT2D eigenvalue weighted by molar-refractivity contribution is 8.01. The molecule has 0 bridgehead atoms. The molecule has 2 aliphatic rings. The highest BCUT2D eigenvalue weighted by Crippen LogP contribution is 2.47. The molecule has 4 heterocycles. The highest BCUT2D eigenvalue weighted by atomic mass is 32.2. The molecule has 1 N–H and O–H groups in total. The van der Waals surface area contributed by atoms with Crippen molar-refractivity contribution in [3.8, 4) is 0 Å². The van der Waals surface area contributed by atoms with E-state index in [-0.39, 0.29) is 22.7 Å². The molecule has 24 heavy (non-hydrogen) atoms. The van der Waals surface area contributed by atoms with Gasteiger partial charge >= 0.3 is 0 Å². The van der Waals surface area contributed by atoms with E-state index in [1.165, 1.54) is 0 Å². The van der Waals surface area contributed by atoms with Crippen LogP contribution in [0.5, 0.6) is 0 Å². The van der Waals surface area contributed by atoms with Gasteiger partial charge in [0.2, 0.25) is 11.8 Å². The van der Waals surface area contributed by atoms with Gasteiger partial charge in [-0.05, 0) is 31.9 Å². The third-order valence-electron chi connectivity index (χ3n) is 4.92. The molecule has 126 valence electrons. The fraction of sp³-hybridized carbons (Fsp3) is 0.471. The first-order valence-electron chi connectivity index (χ1n) is 8.15. The van der Waals surface area contributed by atoms with Gasteiger partial charge in [0.15, 0.2) is 0 Å². The van der Waals surface area contributed by atoms with Crippen LogP contribution in [0.4, 0.5) is 0 Å². The van der Waals surface area contributed by atoms with Crippen LogP contribution in [-0.2, 0) is 16.1 Å². The average Bonchev–Trinajstić information content (AvgIpc) is 3.20. The number of aryl methyl sites for hydroxylation is 1. The van der Waals surface area contributed by atoms with E-state index in [0.717, 1.165) is 23.3 Å². The second kappa shape index (κ2) is 5.51. The van der Waals surface area contributed by atoms with Crippen LogP contribution in [0.3, 0.4) is 0 Å². The minimum Gasteiger partial charge on any atom is -0.349 e. The molecular weight excluding hydrogens is 324 g/mol. The average molecular weight is 344 g/mol. The fourth-order valence-corrected chi connectivity index (χ4v) is 5.03. The minimum absolute atomic E-state index is 0.0877. The standard InChI is InChI=1S/C17H20N4O2S/c1-11-4-3-7-20-9-12(19-15(11)20)8-18-16(23)13-10-24-17(2)6-5-14(22)21(13)17/h3-4,7,9,13H,5-6,8,10H2,1-2H3,(H,18,23). The molecule has 2 atom stereocenters. The molecule has 0 radical (unpaired) electrons. The Balaban J connectivity index is 1.46. The molecule has 2 aliphatic heterocycles. The number of rotatable bonds is 3. The number of amides is 2. The second-order valence-corrected chi connectivity index (χ2v) is 8.14. The number of hydrogen-bond donors (Lipinski definition) is 1. The van der Waals surface area contributed by atoms with Gasteiger partial charge in [-0.15, -0.1) is 11.8 Å². The molecular formula is C17H20N4O2S. The van der Waals surface area contributed by atoms with Crippen molar-refractivity contribution in [3.05, 3.63) is 35.8 Å². The van der Waals surface area contributed by atoms with Crippen LogP contribution in [0, 0.1) is 6.92 Å². The van der Waals surface area contributed by atoms with Crippen molar-refractivity contribution in [2.24, 2.45) is 0 Å². The molecule has 0 aromatic carbocycles. The first-order chi connectivity index (χ1) is 11.5. The Labute approximate surface area is 144 Å². The van der Waals surface area contributed by atoms with Crippen molar-refractivity contribution in [1.29, 1.82) is 0 Å². The van der Waals surface area contributed by atoms with Crippen molar-refractivity contribution in [1.82, 2.24) is 19.6 Å². The Morgan fingerprint density at radius 1 is 1.54 bits per heavy atom. The van der Waals surface area contributed by atoms with Crippen molar-refractivity contribution in [2.45, 2.75) is 44.1 Å². The summed E-state index contributed by atoms with van der Waals surface area (Å²) < 4.78 is 1.96. The third kappa shape index (κ3) is 2.38. The lowest BCUT2D eigenvalue weighted by Gasteiger charge is -2.29. The Kier molecular flexibility index (Phi) is 3.56. The van der Waals surface area contributed by atoms with E-state index in [4.69, 9.17) is 0 Å². The summed E-state index contributed by atoms with van der Waals surface area (Å²) in [4.78, 5) is 30.8. The van der Waals surface area contributed by atoms with E-state index >= 15 is 0 Å². The van der Waals surface area contributed by atoms with E-state index in [2.05, 4.69) is 17.2 Å². The molecule has 6 nitrogen and oxygen atoms in total. The molecule has 2 unspecified atom stereocenters. The molecule has 2 saturated heterocycles. The molecule has 4 rings (SSSR count). The number of carbonyl (C=O) groups is 2. The Morgan fingerprint density at radius 2 is 2.38 bits per heavy atom. The highest BCUT2D eigenvalue weighted by Gasteiger charge is 2.52. The monoisotopic (exact) mass is 344 g/mol. The van der Waals surface area contributed by atoms with Gasteiger partial charge in [0.1, 0.15) is 11.7 Å². The van der Waals surface area contributed by atoms with E-state index in [9.17, 15) is 9.59 Å². The van der Waals surface area contributed by atoms with Gasteiger partial charge in [0.05, 0.1) is 17.1 Å². The smallest absolute Gasteiger partial charge is 0.244 e. The van der Waals surface area contributed by atoms with Crippen LogP contribution < -0.4 is 5.32 Å². The van der Waals surface area contributed by atoms with E-state index in [1.54, 1.807) is 16.7 Å². The predicted octanol–water partition coefficient (Wildman–Crippen LogP) is 1.71. The largest absolute Gasteiger partial charge is 0.349 e. The molecule has 2 amide bonds. The van der Waals surface area contributed by atoms with Gasteiger partial charge in [0, 0.05) is 24.6 Å². The number of aromatic nitrogens is 2. The van der Waals surface area contributed by atoms with Crippen LogP contribution in [-0.4, -0.2) is 42.8 Å². The first-order valence-corrected chi connectivity index (χ1v) is 9.13. The lowest BCUT2D eigenvalue weighted by atomic mass is 10.2. The van der Waals surface area contributed by atoms with E-state index in [1.807, 2.05) is 35.9 Å². The number of fused-ring (bicyclic) bond motifs is 2. The number of thioether (sulfide) groups is 1. The van der Waals surface area contributed by atoms with Gasteiger partial charge in [-0.2, -0.15) is 0 Å². The number of hydrogen-bond acceptors (Lipinski definition) is 4. The molecule has 7 heteroatoms. The normalized spacial score (nSPS) is 26.2. The fourth-order valence-electron chi connectivity index (χ4n) is 3.60. The number of carbonyl (C=O) groups excluding carboxylic acids is 2. The lowest BCUT2D eigenvalue weighted by molar-refractivity contribution is -0.138. The van der Waals surface area contributed by atoms with Gasteiger partial charge in [-0.25, -0.2) is 4.98 Å². The zero-order valence-electron chi connectivity index (χ0n) is 13.8. The second-order valence-electron chi connectivity index (χ2n) is 6.64. The zero-order chi connectivity index (χ0) is 16.9. The zero-order valence-corrected chi connectivity index (χ0v) is 14.6. The van der Waals surface area contributed by atoms with Crippen LogP contribution in [0.2, 0.25) is 0 Å². The van der Waals surface area contributed by atoms with Gasteiger partial charge in [-0.1, -0.05) is 6.07 Å². The molecule has 2 aromatic rings. The van der Waals surface area contributed by atoms with Crippen LogP contribution in [0.25, 0.3) is 5.65 Å². The summed E-state index contributed by atoms with van der Waals surface area (Å²) in [6.07, 6.45) is 5.24. The Bertz CT molecular complexity index is 833. The van der Waals surface area contributed by atoms with E-state index < -0.39 is 0 Å². The summed E-state index contributed by atoms with van der Waals surface area (Å²) in [5.41, 5.74) is 2.82. The maximum atomic E-state index is 12.6. The predicted molar refractivity (Wildman–Crippen MR) is 92.5 cm³/mol. The number of nitrogens with one attached hydrogen (secondary N) is 1. The van der Waals surface area contributed by atoms with Crippen LogP contribution >= 0.6 is 11.8 Å². The SMILES string of the molecule is Cc1cccn2cc(CNC(=O)C3CSC4(C)CCC(=O)N34)nc12. The quantitative estimate of drug-likeness (QED) is 0.921. The first kappa shape index (κ1) is 15.5. The number of nitrogens with zero attached hydrogens (tertiary/aromatic N) is 3. The van der Waals surface area contributed by atoms with Gasteiger partial charge in [-0.3, -0.25) is 9.59 Å². The van der Waals surface area contributed by atoms with Crippen LogP contribution in [0.15, 0.2) is 24.5 Å². The maximum absolute atomic E-state index is 12.6. The third-order valence-corrected chi connectivity index (χ3v) is 6.42. The summed E-state index contributed by atoms with van der Waals surface area (Å²) in [7, 11) is 0. The molecule has 2 fully saturated rings. The summed E-state index contributed by atoms with van der Waals surface area (Å²) >= 11 is 1.71. The summed E-state index contributed by atoms with van der Waals surface area (Å²) in [6.45, 7) is 4.45. The molecule has 0 aliphatic carbocycles. The molecule has 0 spiro atoms. The van der Waals surface area contributed by atoms with Crippen molar-refractivity contribution >= 4 is 29.2 Å². The van der Waals surface area contributed by atoms with Crippen LogP contribution in [0.1, 0.15) is 31.0 Å². The van der Waals surface area contributed by atoms with Crippen molar-refractivity contribution < 1.29 is 9.59 Å². The minimum atomic E-state index is -0.367. The Morgan fingerprint density at radius 3 is 3.17 bits per heavy atom. The maximum Gasteiger partial charge on any atom is 0.244 e. The van der Waals surface area contributed by atoms with Gasteiger partial charge < -0.3 is 14.6 Å². The summed E-state index contributed by atoms with van der Waals surface area (Å²) in [5, 5.41) is 2.95.